The molecule has 0 radical (unpaired) electrons. The van der Waals surface area contributed by atoms with E-state index in [4.69, 9.17) is 27.9 Å². The van der Waals surface area contributed by atoms with Crippen LogP contribution in [0.4, 0.5) is 0 Å². The summed E-state index contributed by atoms with van der Waals surface area (Å²) in [5.74, 6) is 8.80. The van der Waals surface area contributed by atoms with Crippen molar-refractivity contribution in [3.05, 3.63) is 63.8 Å². The zero-order valence-corrected chi connectivity index (χ0v) is 23.7. The number of nitrogens with one attached hydrogen (secondary N) is 1. The third kappa shape index (κ3) is 6.82. The van der Waals surface area contributed by atoms with E-state index >= 15 is 0 Å². The topological polar surface area (TPSA) is 59.4 Å². The van der Waals surface area contributed by atoms with Crippen molar-refractivity contribution in [3.8, 4) is 34.5 Å². The van der Waals surface area contributed by atoms with Crippen molar-refractivity contribution in [1.82, 2.24) is 20.0 Å². The number of hydrogen-bond acceptors (Lipinski definition) is 5. The van der Waals surface area contributed by atoms with Crippen molar-refractivity contribution in [3.63, 3.8) is 0 Å². The Morgan fingerprint density at radius 3 is 2.46 bits per heavy atom. The highest BCUT2D eigenvalue weighted by molar-refractivity contribution is 7.99. The third-order valence-electron chi connectivity index (χ3n) is 5.68. The summed E-state index contributed by atoms with van der Waals surface area (Å²) in [5, 5.41) is 8.69. The Balaban J connectivity index is 1.74. The molecule has 1 aromatic heterocycles. The van der Waals surface area contributed by atoms with Gasteiger partial charge in [0.25, 0.3) is 5.91 Å². The Hall–Kier alpha value is -2.63. The lowest BCUT2D eigenvalue weighted by Gasteiger charge is -2.23. The predicted molar refractivity (Wildman–Crippen MR) is 153 cm³/mol. The van der Waals surface area contributed by atoms with Crippen LogP contribution in [0.5, 0.6) is 5.75 Å². The fourth-order valence-corrected chi connectivity index (χ4v) is 5.32. The van der Waals surface area contributed by atoms with Gasteiger partial charge in [0.05, 0.1) is 24.4 Å². The van der Waals surface area contributed by atoms with Crippen LogP contribution in [0.15, 0.2) is 42.5 Å². The normalized spacial score (nSPS) is 14.1. The molecule has 0 unspecified atom stereocenters. The van der Waals surface area contributed by atoms with E-state index in [0.717, 1.165) is 42.3 Å². The predicted octanol–water partition coefficient (Wildman–Crippen LogP) is 5.78. The first-order valence-electron chi connectivity index (χ1n) is 12.0. The summed E-state index contributed by atoms with van der Waals surface area (Å²) in [5.41, 5.74) is 2.53. The summed E-state index contributed by atoms with van der Waals surface area (Å²) in [6.07, 6.45) is 0. The summed E-state index contributed by atoms with van der Waals surface area (Å²) < 4.78 is 7.37. The van der Waals surface area contributed by atoms with Gasteiger partial charge in [-0.1, -0.05) is 47.2 Å². The van der Waals surface area contributed by atoms with Gasteiger partial charge >= 0.3 is 0 Å². The molecular formula is C28H30Cl2N4O2S. The summed E-state index contributed by atoms with van der Waals surface area (Å²) in [4.78, 5) is 15.5. The zero-order valence-electron chi connectivity index (χ0n) is 21.4. The molecule has 9 heteroatoms. The number of benzene rings is 2. The molecule has 0 aliphatic carbocycles. The molecule has 6 nitrogen and oxygen atoms in total. The average Bonchev–Trinajstić information content (AvgIpc) is 3.24. The van der Waals surface area contributed by atoms with Crippen LogP contribution in [0.3, 0.4) is 0 Å². The zero-order chi connectivity index (χ0) is 26.6. The van der Waals surface area contributed by atoms with Gasteiger partial charge in [0.1, 0.15) is 5.69 Å². The van der Waals surface area contributed by atoms with Crippen LogP contribution in [-0.4, -0.2) is 64.4 Å². The lowest BCUT2D eigenvalue weighted by atomic mass is 10.1. The Bertz CT molecular complexity index is 1330. The molecule has 1 aliphatic heterocycles. The Morgan fingerprint density at radius 2 is 1.84 bits per heavy atom. The molecule has 1 aliphatic rings. The van der Waals surface area contributed by atoms with Crippen LogP contribution in [0.1, 0.15) is 36.8 Å². The maximum Gasteiger partial charge on any atom is 0.276 e. The van der Waals surface area contributed by atoms with Gasteiger partial charge in [-0.15, -0.1) is 0 Å². The van der Waals surface area contributed by atoms with Crippen molar-refractivity contribution in [2.24, 2.45) is 0 Å². The first kappa shape index (κ1) is 27.4. The molecule has 0 spiro atoms. The molecule has 1 amide bonds. The smallest absolute Gasteiger partial charge is 0.276 e. The molecule has 3 aromatic rings. The third-order valence-corrected chi connectivity index (χ3v) is 7.18. The summed E-state index contributed by atoms with van der Waals surface area (Å²) >= 11 is 14.9. The summed E-state index contributed by atoms with van der Waals surface area (Å²) in [6.45, 7) is 8.61. The number of aromatic nitrogens is 2. The van der Waals surface area contributed by atoms with E-state index < -0.39 is 5.54 Å². The maximum atomic E-state index is 13.2. The lowest BCUT2D eigenvalue weighted by Crippen LogP contribution is -2.40. The Kier molecular flexibility index (Phi) is 8.76. The maximum absolute atomic E-state index is 13.2. The standard InChI is InChI=1S/C28H30Cl2N4O2S/c1-28(2,3)31-27(35)24-26(36-4)25(20-8-10-21(29)11-9-20)34(32-24)23-12-7-19(18-22(23)30)6-5-13-33-14-16-37-17-15-33/h7-12,18H,13-17H2,1-4H3,(H,31,35). The van der Waals surface area contributed by atoms with Crippen molar-refractivity contribution >= 4 is 40.9 Å². The van der Waals surface area contributed by atoms with E-state index in [1.54, 1.807) is 16.8 Å². The largest absolute Gasteiger partial charge is 0.492 e. The van der Waals surface area contributed by atoms with E-state index in [1.165, 1.54) is 7.11 Å². The molecule has 1 saturated heterocycles. The van der Waals surface area contributed by atoms with Crippen LogP contribution in [-0.2, 0) is 0 Å². The number of rotatable bonds is 5. The number of carbonyl (C=O) groups excluding carboxylic acids is 1. The molecule has 0 atom stereocenters. The first-order valence-corrected chi connectivity index (χ1v) is 13.9. The van der Waals surface area contributed by atoms with Crippen LogP contribution >= 0.6 is 35.0 Å². The number of amides is 1. The van der Waals surface area contributed by atoms with Gasteiger partial charge in [0, 0.05) is 46.3 Å². The minimum atomic E-state index is -0.447. The second-order valence-corrected chi connectivity index (χ2v) is 11.8. The minimum Gasteiger partial charge on any atom is -0.492 e. The van der Waals surface area contributed by atoms with Crippen molar-refractivity contribution in [1.29, 1.82) is 0 Å². The number of methoxy groups -OCH3 is 1. The molecule has 37 heavy (non-hydrogen) atoms. The van der Waals surface area contributed by atoms with Crippen molar-refractivity contribution < 1.29 is 9.53 Å². The van der Waals surface area contributed by atoms with Crippen molar-refractivity contribution in [2.75, 3.05) is 38.2 Å². The second-order valence-electron chi connectivity index (χ2n) is 9.71. The van der Waals surface area contributed by atoms with Crippen molar-refractivity contribution in [2.45, 2.75) is 26.3 Å². The number of carbonyl (C=O) groups is 1. The van der Waals surface area contributed by atoms with Gasteiger partial charge in [0.2, 0.25) is 0 Å². The number of halogens is 2. The molecule has 1 N–H and O–H groups in total. The monoisotopic (exact) mass is 556 g/mol. The van der Waals surface area contributed by atoms with Crippen LogP contribution in [0.2, 0.25) is 10.0 Å². The molecular weight excluding hydrogens is 527 g/mol. The van der Waals surface area contributed by atoms with E-state index in [2.05, 4.69) is 27.2 Å². The molecule has 4 rings (SSSR count). The van der Waals surface area contributed by atoms with Gasteiger partial charge < -0.3 is 10.1 Å². The van der Waals surface area contributed by atoms with Crippen LogP contribution in [0.25, 0.3) is 16.9 Å². The van der Waals surface area contributed by atoms with Gasteiger partial charge in [-0.05, 0) is 51.1 Å². The highest BCUT2D eigenvalue weighted by Crippen LogP contribution is 2.37. The van der Waals surface area contributed by atoms with E-state index in [1.807, 2.05) is 62.9 Å². The second kappa shape index (κ2) is 11.8. The summed E-state index contributed by atoms with van der Waals surface area (Å²) in [6, 6.07) is 12.9. The Labute approximate surface area is 232 Å². The SMILES string of the molecule is COc1c(C(=O)NC(C)(C)C)nn(-c2ccc(C#CCN3CCSCC3)cc2Cl)c1-c1ccc(Cl)cc1. The fraction of sp³-hybridized carbons (Fsp3) is 0.357. The molecule has 194 valence electrons. The molecule has 0 bridgehead atoms. The van der Waals surface area contributed by atoms with Gasteiger partial charge in [-0.25, -0.2) is 4.68 Å². The number of ether oxygens (including phenoxy) is 1. The minimum absolute atomic E-state index is 0.169. The highest BCUT2D eigenvalue weighted by Gasteiger charge is 2.28. The van der Waals surface area contributed by atoms with Gasteiger partial charge in [-0.3, -0.25) is 9.69 Å². The van der Waals surface area contributed by atoms with Crippen LogP contribution in [0, 0.1) is 11.8 Å². The Morgan fingerprint density at radius 1 is 1.14 bits per heavy atom. The molecule has 0 saturated carbocycles. The molecule has 2 heterocycles. The van der Waals surface area contributed by atoms with E-state index in [0.29, 0.717) is 27.2 Å². The lowest BCUT2D eigenvalue weighted by molar-refractivity contribution is 0.0911. The molecule has 1 fully saturated rings. The number of nitrogens with zero attached hydrogens (tertiary/aromatic N) is 3. The average molecular weight is 558 g/mol. The molecule has 2 aromatic carbocycles. The first-order chi connectivity index (χ1) is 17.7. The quantitative estimate of drug-likeness (QED) is 0.403. The van der Waals surface area contributed by atoms with Gasteiger partial charge in [0.15, 0.2) is 11.4 Å². The van der Waals surface area contributed by atoms with E-state index in [-0.39, 0.29) is 11.6 Å². The summed E-state index contributed by atoms with van der Waals surface area (Å²) in [7, 11) is 1.52. The van der Waals surface area contributed by atoms with Crippen LogP contribution < -0.4 is 10.1 Å². The number of thioether (sulfide) groups is 1. The van der Waals surface area contributed by atoms with E-state index in [9.17, 15) is 4.79 Å². The fourth-order valence-electron chi connectivity index (χ4n) is 3.95. The highest BCUT2D eigenvalue weighted by atomic mass is 35.5. The van der Waals surface area contributed by atoms with Gasteiger partial charge in [-0.2, -0.15) is 16.9 Å². The number of hydrogen-bond donors (Lipinski definition) is 1.